The van der Waals surface area contributed by atoms with Gasteiger partial charge in [-0.2, -0.15) is 5.10 Å². The van der Waals surface area contributed by atoms with Crippen LogP contribution in [-0.2, 0) is 7.05 Å². The van der Waals surface area contributed by atoms with E-state index in [1.807, 2.05) is 42.8 Å². The molecule has 0 aliphatic heterocycles. The molecule has 1 heterocycles. The average Bonchev–Trinajstić information content (AvgIpc) is 2.85. The zero-order valence-electron chi connectivity index (χ0n) is 12.9. The van der Waals surface area contributed by atoms with E-state index in [4.69, 9.17) is 4.74 Å². The van der Waals surface area contributed by atoms with Crippen LogP contribution < -0.4 is 9.54 Å². The Hall–Kier alpha value is -2.60. The van der Waals surface area contributed by atoms with Crippen LogP contribution in [-0.4, -0.2) is 22.5 Å². The minimum atomic E-state index is 0.188. The molecule has 0 aliphatic carbocycles. The van der Waals surface area contributed by atoms with Crippen LogP contribution in [0.15, 0.2) is 52.7 Å². The summed E-state index contributed by atoms with van der Waals surface area (Å²) in [6.45, 7) is 2.61. The molecule has 0 amide bonds. The van der Waals surface area contributed by atoms with Crippen molar-refractivity contribution in [2.24, 2.45) is 17.3 Å². The van der Waals surface area contributed by atoms with Gasteiger partial charge in [-0.3, -0.25) is 0 Å². The number of ether oxygens (including phenoxy) is 1. The van der Waals surface area contributed by atoms with E-state index in [1.165, 1.54) is 0 Å². The molecule has 5 nitrogen and oxygen atoms in total. The van der Waals surface area contributed by atoms with E-state index in [9.17, 15) is 5.11 Å². The maximum atomic E-state index is 9.71. The van der Waals surface area contributed by atoms with Gasteiger partial charge in [0.05, 0.1) is 23.0 Å². The molecule has 0 spiro atoms. The van der Waals surface area contributed by atoms with E-state index < -0.39 is 0 Å². The number of hydrogen-bond donors (Lipinski definition) is 1. The second-order valence-electron chi connectivity index (χ2n) is 4.91. The summed E-state index contributed by atoms with van der Waals surface area (Å²) in [4.78, 5) is 0.778. The molecule has 118 valence electrons. The normalized spacial score (nSPS) is 12.3. The number of fused-ring (bicyclic) bond motifs is 1. The predicted molar refractivity (Wildman–Crippen MR) is 93.2 cm³/mol. The molecule has 6 heteroatoms. The zero-order valence-corrected chi connectivity index (χ0v) is 13.7. The van der Waals surface area contributed by atoms with Gasteiger partial charge in [-0.15, -0.1) is 5.10 Å². The van der Waals surface area contributed by atoms with E-state index in [1.54, 1.807) is 35.8 Å². The molecule has 1 N–H and O–H groups in total. The molecule has 23 heavy (non-hydrogen) atoms. The van der Waals surface area contributed by atoms with Crippen molar-refractivity contribution in [2.75, 3.05) is 6.61 Å². The highest BCUT2D eigenvalue weighted by Crippen LogP contribution is 2.22. The molecule has 0 unspecified atom stereocenters. The number of nitrogens with zero attached hydrogens (tertiary/aromatic N) is 3. The number of thiazole rings is 1. The van der Waals surface area contributed by atoms with Crippen LogP contribution in [0, 0.1) is 0 Å². The largest absolute Gasteiger partial charge is 0.507 e. The molecule has 3 rings (SSSR count). The predicted octanol–water partition coefficient (Wildman–Crippen LogP) is 3.28. The van der Waals surface area contributed by atoms with Gasteiger partial charge in [0.2, 0.25) is 4.80 Å². The molecule has 0 aliphatic rings. The van der Waals surface area contributed by atoms with Crippen molar-refractivity contribution in [3.8, 4) is 11.5 Å². The van der Waals surface area contributed by atoms with Gasteiger partial charge in [-0.1, -0.05) is 23.5 Å². The standard InChI is InChI=1S/C17H17N3O2S/c1-3-22-13-8-9-14-16(10-13)23-17(20(14)2)19-18-11-12-6-4-5-7-15(12)21/h4-11,21H,3H2,1-2H3. The molecule has 0 saturated heterocycles. The number of benzene rings is 2. The lowest BCUT2D eigenvalue weighted by molar-refractivity contribution is 0.341. The average molecular weight is 327 g/mol. The number of rotatable bonds is 4. The van der Waals surface area contributed by atoms with E-state index in [0.717, 1.165) is 20.8 Å². The highest BCUT2D eigenvalue weighted by molar-refractivity contribution is 7.16. The molecular weight excluding hydrogens is 310 g/mol. The zero-order chi connectivity index (χ0) is 16.2. The Labute approximate surface area is 137 Å². The second kappa shape index (κ2) is 6.66. The maximum absolute atomic E-state index is 9.71. The van der Waals surface area contributed by atoms with E-state index in [-0.39, 0.29) is 5.75 Å². The first-order valence-corrected chi connectivity index (χ1v) is 8.08. The summed E-state index contributed by atoms with van der Waals surface area (Å²) in [6.07, 6.45) is 1.55. The summed E-state index contributed by atoms with van der Waals surface area (Å²) in [5.41, 5.74) is 1.72. The second-order valence-corrected chi connectivity index (χ2v) is 5.92. The molecule has 2 aromatic carbocycles. The summed E-state index contributed by atoms with van der Waals surface area (Å²) < 4.78 is 8.60. The molecule has 0 bridgehead atoms. The Morgan fingerprint density at radius 1 is 1.26 bits per heavy atom. The highest BCUT2D eigenvalue weighted by Gasteiger charge is 2.04. The van der Waals surface area contributed by atoms with Crippen LogP contribution >= 0.6 is 11.3 Å². The van der Waals surface area contributed by atoms with Crippen LogP contribution in [0.4, 0.5) is 0 Å². The Morgan fingerprint density at radius 2 is 2.09 bits per heavy atom. The van der Waals surface area contributed by atoms with Gasteiger partial charge >= 0.3 is 0 Å². The number of phenolic OH excluding ortho intramolecular Hbond substituents is 1. The SMILES string of the molecule is CCOc1ccc2c(c1)sc(=NN=Cc1ccccc1O)n2C. The van der Waals surface area contributed by atoms with Crippen LogP contribution in [0.3, 0.4) is 0 Å². The third-order valence-electron chi connectivity index (χ3n) is 3.37. The number of phenols is 1. The Kier molecular flexibility index (Phi) is 4.43. The van der Waals surface area contributed by atoms with Crippen molar-refractivity contribution in [2.45, 2.75) is 6.92 Å². The molecule has 0 atom stereocenters. The van der Waals surface area contributed by atoms with Gasteiger partial charge in [-0.05, 0) is 37.3 Å². The summed E-state index contributed by atoms with van der Waals surface area (Å²) in [5, 5.41) is 18.0. The number of aromatic nitrogens is 1. The lowest BCUT2D eigenvalue weighted by Gasteiger charge is -2.02. The van der Waals surface area contributed by atoms with Crippen LogP contribution in [0.2, 0.25) is 0 Å². The van der Waals surface area contributed by atoms with Crippen molar-refractivity contribution < 1.29 is 9.84 Å². The van der Waals surface area contributed by atoms with Crippen LogP contribution in [0.25, 0.3) is 10.2 Å². The molecule has 0 fully saturated rings. The molecule has 0 radical (unpaired) electrons. The third-order valence-corrected chi connectivity index (χ3v) is 4.45. The van der Waals surface area contributed by atoms with Crippen molar-refractivity contribution in [3.05, 3.63) is 52.8 Å². The van der Waals surface area contributed by atoms with Gasteiger partial charge in [0.15, 0.2) is 0 Å². The molecule has 0 saturated carbocycles. The maximum Gasteiger partial charge on any atom is 0.211 e. The van der Waals surface area contributed by atoms with E-state index in [2.05, 4.69) is 10.2 Å². The van der Waals surface area contributed by atoms with Crippen molar-refractivity contribution >= 4 is 27.8 Å². The van der Waals surface area contributed by atoms with E-state index in [0.29, 0.717) is 12.2 Å². The van der Waals surface area contributed by atoms with E-state index >= 15 is 0 Å². The van der Waals surface area contributed by atoms with Gasteiger partial charge < -0.3 is 14.4 Å². The van der Waals surface area contributed by atoms with Gasteiger partial charge in [0, 0.05) is 12.6 Å². The summed E-state index contributed by atoms with van der Waals surface area (Å²) >= 11 is 1.54. The quantitative estimate of drug-likeness (QED) is 0.590. The number of para-hydroxylation sites is 1. The first-order valence-electron chi connectivity index (χ1n) is 7.26. The Balaban J connectivity index is 1.96. The van der Waals surface area contributed by atoms with Crippen molar-refractivity contribution in [1.29, 1.82) is 0 Å². The summed E-state index contributed by atoms with van der Waals surface area (Å²) in [7, 11) is 1.95. The smallest absolute Gasteiger partial charge is 0.211 e. The van der Waals surface area contributed by atoms with Gasteiger partial charge in [-0.25, -0.2) is 0 Å². The number of aryl methyl sites for hydroxylation is 1. The van der Waals surface area contributed by atoms with Crippen molar-refractivity contribution in [1.82, 2.24) is 4.57 Å². The fourth-order valence-electron chi connectivity index (χ4n) is 2.20. The topological polar surface area (TPSA) is 59.1 Å². The lowest BCUT2D eigenvalue weighted by Crippen LogP contribution is -2.08. The first kappa shape index (κ1) is 15.3. The number of hydrogen-bond acceptors (Lipinski definition) is 5. The fourth-order valence-corrected chi connectivity index (χ4v) is 3.21. The van der Waals surface area contributed by atoms with Gasteiger partial charge in [0.1, 0.15) is 11.5 Å². The fraction of sp³-hybridized carbons (Fsp3) is 0.176. The highest BCUT2D eigenvalue weighted by atomic mass is 32.1. The molecular formula is C17H17N3O2S. The number of aromatic hydroxyl groups is 1. The minimum Gasteiger partial charge on any atom is -0.507 e. The summed E-state index contributed by atoms with van der Waals surface area (Å²) in [5.74, 6) is 1.04. The first-order chi connectivity index (χ1) is 11.2. The Bertz CT molecular complexity index is 925. The van der Waals surface area contributed by atoms with Crippen molar-refractivity contribution in [3.63, 3.8) is 0 Å². The summed E-state index contributed by atoms with van der Waals surface area (Å²) in [6, 6.07) is 13.0. The third kappa shape index (κ3) is 3.27. The van der Waals surface area contributed by atoms with Gasteiger partial charge in [0.25, 0.3) is 0 Å². The monoisotopic (exact) mass is 327 g/mol. The minimum absolute atomic E-state index is 0.188. The van der Waals surface area contributed by atoms with Crippen LogP contribution in [0.1, 0.15) is 12.5 Å². The molecule has 3 aromatic rings. The lowest BCUT2D eigenvalue weighted by atomic mass is 10.2. The van der Waals surface area contributed by atoms with Crippen LogP contribution in [0.5, 0.6) is 11.5 Å². The molecule has 1 aromatic heterocycles. The Morgan fingerprint density at radius 3 is 2.87 bits per heavy atom.